The fourth-order valence-electron chi connectivity index (χ4n) is 4.68. The van der Waals surface area contributed by atoms with E-state index in [1.54, 1.807) is 0 Å². The normalized spacial score (nSPS) is 13.2. The van der Waals surface area contributed by atoms with E-state index in [0.717, 1.165) is 6.07 Å². The number of rotatable bonds is 5. The molecular formula is C23H21N3O9S2. The molecule has 0 heterocycles. The molecule has 12 nitrogen and oxygen atoms in total. The number of nitrogens with two attached hydrogens (primary N) is 2. The van der Waals surface area contributed by atoms with E-state index in [-0.39, 0.29) is 28.1 Å². The predicted molar refractivity (Wildman–Crippen MR) is 134 cm³/mol. The molecule has 0 spiro atoms. The van der Waals surface area contributed by atoms with Crippen molar-refractivity contribution in [2.24, 2.45) is 0 Å². The molecule has 0 atom stereocenters. The Morgan fingerprint density at radius 3 is 1.76 bits per heavy atom. The van der Waals surface area contributed by atoms with Crippen molar-refractivity contribution < 1.29 is 40.3 Å². The molecule has 0 bridgehead atoms. The first-order chi connectivity index (χ1) is 17.2. The minimum absolute atomic E-state index is 0.0181. The lowest BCUT2D eigenvalue weighted by Crippen LogP contribution is -2.26. The number of hydrogen-bond acceptors (Lipinski definition) is 10. The second-order valence-electron chi connectivity index (χ2n) is 8.14. The van der Waals surface area contributed by atoms with Crippen LogP contribution in [0.3, 0.4) is 0 Å². The van der Waals surface area contributed by atoms with Gasteiger partial charge in [0.2, 0.25) is 0 Å². The zero-order chi connectivity index (χ0) is 27.6. The lowest BCUT2D eigenvalue weighted by molar-refractivity contribution is 0.0980. The number of benzene rings is 3. The van der Waals surface area contributed by atoms with Crippen LogP contribution in [0.4, 0.5) is 17.1 Å². The van der Waals surface area contributed by atoms with Crippen molar-refractivity contribution in [2.75, 3.05) is 30.9 Å². The van der Waals surface area contributed by atoms with Crippen molar-refractivity contribution in [1.29, 1.82) is 0 Å². The highest BCUT2D eigenvalue weighted by Crippen LogP contribution is 2.49. The van der Waals surface area contributed by atoms with Crippen LogP contribution in [0.1, 0.15) is 37.4 Å². The Balaban J connectivity index is 2.35. The number of ketones is 2. The van der Waals surface area contributed by atoms with Crippen LogP contribution in [-0.4, -0.2) is 51.7 Å². The van der Waals surface area contributed by atoms with Gasteiger partial charge in [-0.05, 0) is 13.0 Å². The quantitative estimate of drug-likeness (QED) is 0.179. The average molecular weight is 548 g/mol. The standard InChI is InChI=1S/C23H21N3O9S2/c1-9-21(35-3)13(26-2)8-12(22(9)36(29,30)31)14-15-16(18(25)23(17(14)24)37(32,33)34)20(28)11-7-5-4-6-10(11)19(15)27/h4-8,26H,24-25H2,1-3H3,(H,29,30,31)(H,32,33,34). The molecule has 0 radical (unpaired) electrons. The fraction of sp³-hybridized carbons (Fsp3) is 0.130. The Labute approximate surface area is 211 Å². The average Bonchev–Trinajstić information content (AvgIpc) is 2.79. The van der Waals surface area contributed by atoms with E-state index >= 15 is 0 Å². The summed E-state index contributed by atoms with van der Waals surface area (Å²) in [7, 11) is -7.53. The van der Waals surface area contributed by atoms with Crippen LogP contribution >= 0.6 is 0 Å². The van der Waals surface area contributed by atoms with Gasteiger partial charge in [-0.2, -0.15) is 16.8 Å². The van der Waals surface area contributed by atoms with Gasteiger partial charge in [-0.1, -0.05) is 24.3 Å². The molecule has 194 valence electrons. The molecule has 1 aliphatic carbocycles. The molecule has 0 fully saturated rings. The molecule has 7 N–H and O–H groups in total. The van der Waals surface area contributed by atoms with Crippen molar-refractivity contribution in [3.05, 3.63) is 58.1 Å². The van der Waals surface area contributed by atoms with Gasteiger partial charge in [0.05, 0.1) is 29.7 Å². The number of anilines is 3. The van der Waals surface area contributed by atoms with Crippen molar-refractivity contribution in [3.8, 4) is 16.9 Å². The molecule has 0 aromatic heterocycles. The predicted octanol–water partition coefficient (Wildman–Crippen LogP) is 2.15. The third-order valence-corrected chi connectivity index (χ3v) is 8.11. The third-order valence-electron chi connectivity index (χ3n) is 6.12. The number of nitrogen functional groups attached to an aromatic ring is 2. The van der Waals surface area contributed by atoms with Gasteiger partial charge < -0.3 is 21.5 Å². The minimum Gasteiger partial charge on any atom is -0.494 e. The molecule has 0 saturated heterocycles. The number of nitrogens with one attached hydrogen (secondary N) is 1. The molecule has 3 aromatic carbocycles. The summed E-state index contributed by atoms with van der Waals surface area (Å²) in [5, 5.41) is 2.78. The highest BCUT2D eigenvalue weighted by molar-refractivity contribution is 7.86. The smallest absolute Gasteiger partial charge is 0.298 e. The number of methoxy groups -OCH3 is 1. The van der Waals surface area contributed by atoms with E-state index in [1.165, 1.54) is 45.3 Å². The zero-order valence-electron chi connectivity index (χ0n) is 19.6. The maximum Gasteiger partial charge on any atom is 0.298 e. The van der Waals surface area contributed by atoms with Gasteiger partial charge in [-0.3, -0.25) is 18.7 Å². The summed E-state index contributed by atoms with van der Waals surface area (Å²) in [5.74, 6) is -1.63. The summed E-state index contributed by atoms with van der Waals surface area (Å²) in [6.07, 6.45) is 0. The van der Waals surface area contributed by atoms with Crippen molar-refractivity contribution in [2.45, 2.75) is 16.7 Å². The Morgan fingerprint density at radius 1 is 0.811 bits per heavy atom. The Bertz CT molecular complexity index is 1760. The van der Waals surface area contributed by atoms with E-state index in [0.29, 0.717) is 0 Å². The van der Waals surface area contributed by atoms with Gasteiger partial charge >= 0.3 is 0 Å². The maximum atomic E-state index is 13.7. The maximum absolute atomic E-state index is 13.7. The molecule has 4 rings (SSSR count). The summed E-state index contributed by atoms with van der Waals surface area (Å²) >= 11 is 0. The second kappa shape index (κ2) is 8.55. The fourth-order valence-corrected chi connectivity index (χ4v) is 6.36. The largest absolute Gasteiger partial charge is 0.494 e. The molecule has 0 saturated carbocycles. The topological polar surface area (TPSA) is 216 Å². The highest BCUT2D eigenvalue weighted by atomic mass is 32.2. The van der Waals surface area contributed by atoms with Crippen LogP contribution in [-0.2, 0) is 20.2 Å². The second-order valence-corrected chi connectivity index (χ2v) is 10.9. The van der Waals surface area contributed by atoms with Crippen LogP contribution in [0.25, 0.3) is 11.1 Å². The number of carbonyl (C=O) groups is 2. The molecule has 0 aliphatic heterocycles. The Morgan fingerprint density at radius 2 is 1.30 bits per heavy atom. The first-order valence-corrected chi connectivity index (χ1v) is 13.3. The van der Waals surface area contributed by atoms with Crippen molar-refractivity contribution in [3.63, 3.8) is 0 Å². The number of hydrogen-bond donors (Lipinski definition) is 5. The zero-order valence-corrected chi connectivity index (χ0v) is 21.2. The molecule has 37 heavy (non-hydrogen) atoms. The van der Waals surface area contributed by atoms with E-state index in [1.807, 2.05) is 0 Å². The monoisotopic (exact) mass is 547 g/mol. The highest BCUT2D eigenvalue weighted by Gasteiger charge is 2.40. The molecule has 0 amide bonds. The first-order valence-electron chi connectivity index (χ1n) is 10.4. The summed E-state index contributed by atoms with van der Waals surface area (Å²) in [6.45, 7) is 1.30. The lowest BCUT2D eigenvalue weighted by Gasteiger charge is -2.26. The van der Waals surface area contributed by atoms with Crippen LogP contribution in [0.2, 0.25) is 0 Å². The molecular weight excluding hydrogens is 526 g/mol. The summed E-state index contributed by atoms with van der Waals surface area (Å²) in [6, 6.07) is 6.82. The minimum atomic E-state index is -5.20. The van der Waals surface area contributed by atoms with Gasteiger partial charge in [0.1, 0.15) is 15.5 Å². The number of ether oxygens (including phenoxy) is 1. The van der Waals surface area contributed by atoms with E-state index in [4.69, 9.17) is 16.2 Å². The van der Waals surface area contributed by atoms with E-state index < -0.39 is 75.2 Å². The SMILES string of the molecule is CNc1cc(-c2c(N)c(S(=O)(=O)O)c(N)c3c2C(=O)c2ccccc2C3=O)c(S(=O)(=O)O)c(C)c1OC. The van der Waals surface area contributed by atoms with Gasteiger partial charge in [0, 0.05) is 40.4 Å². The molecule has 1 aliphatic rings. The molecule has 0 unspecified atom stereocenters. The van der Waals surface area contributed by atoms with Gasteiger partial charge in [-0.15, -0.1) is 0 Å². The molecule has 3 aromatic rings. The van der Waals surface area contributed by atoms with Crippen LogP contribution < -0.4 is 21.5 Å². The number of fused-ring (bicyclic) bond motifs is 2. The van der Waals surface area contributed by atoms with Crippen LogP contribution in [0.5, 0.6) is 5.75 Å². The first kappa shape index (κ1) is 26.1. The van der Waals surface area contributed by atoms with E-state index in [9.17, 15) is 35.5 Å². The summed E-state index contributed by atoms with van der Waals surface area (Å²) in [4.78, 5) is 25.3. The number of carbonyl (C=O) groups excluding carboxylic acids is 2. The van der Waals surface area contributed by atoms with Crippen LogP contribution in [0.15, 0.2) is 40.1 Å². The summed E-state index contributed by atoms with van der Waals surface area (Å²) < 4.78 is 75.3. The Hall–Kier alpha value is -3.98. The van der Waals surface area contributed by atoms with Crippen LogP contribution in [0, 0.1) is 6.92 Å². The van der Waals surface area contributed by atoms with Crippen molar-refractivity contribution >= 4 is 48.9 Å². The summed E-state index contributed by atoms with van der Waals surface area (Å²) in [5.41, 5.74) is 8.50. The van der Waals surface area contributed by atoms with Gasteiger partial charge in [0.15, 0.2) is 11.6 Å². The Kier molecular flexibility index (Phi) is 6.03. The lowest BCUT2D eigenvalue weighted by atomic mass is 9.78. The molecule has 14 heteroatoms. The van der Waals surface area contributed by atoms with E-state index in [2.05, 4.69) is 5.32 Å². The van der Waals surface area contributed by atoms with Gasteiger partial charge in [0.25, 0.3) is 20.2 Å². The van der Waals surface area contributed by atoms with Crippen molar-refractivity contribution in [1.82, 2.24) is 0 Å². The van der Waals surface area contributed by atoms with Gasteiger partial charge in [-0.25, -0.2) is 0 Å². The third kappa shape index (κ3) is 3.81.